The Hall–Kier alpha value is -0.910. The van der Waals surface area contributed by atoms with E-state index in [9.17, 15) is 4.79 Å². The van der Waals surface area contributed by atoms with Crippen molar-refractivity contribution in [3.8, 4) is 0 Å². The van der Waals surface area contributed by atoms with Gasteiger partial charge < -0.3 is 11.5 Å². The van der Waals surface area contributed by atoms with Crippen molar-refractivity contribution in [1.82, 2.24) is 4.90 Å². The third-order valence-corrected chi connectivity index (χ3v) is 4.71. The molecule has 4 N–H and O–H groups in total. The molecule has 0 spiro atoms. The third kappa shape index (κ3) is 4.53. The Morgan fingerprint density at radius 1 is 1.43 bits per heavy atom. The van der Waals surface area contributed by atoms with Gasteiger partial charge in [0, 0.05) is 23.0 Å². The Morgan fingerprint density at radius 2 is 2.10 bits per heavy atom. The van der Waals surface area contributed by atoms with Crippen LogP contribution in [0.4, 0.5) is 0 Å². The van der Waals surface area contributed by atoms with E-state index in [4.69, 9.17) is 11.5 Å². The number of halogens is 1. The first-order chi connectivity index (χ1) is 9.97. The SMILES string of the molecule is CC(N)C(c1cccc(Br)c1)N1CCC(CC(N)=O)CC1. The van der Waals surface area contributed by atoms with Crippen LogP contribution in [0.3, 0.4) is 0 Å². The zero-order valence-electron chi connectivity index (χ0n) is 12.5. The van der Waals surface area contributed by atoms with Gasteiger partial charge in [0.25, 0.3) is 0 Å². The topological polar surface area (TPSA) is 72.3 Å². The monoisotopic (exact) mass is 353 g/mol. The number of piperidine rings is 1. The van der Waals surface area contributed by atoms with Gasteiger partial charge in [-0.15, -0.1) is 0 Å². The van der Waals surface area contributed by atoms with E-state index in [1.807, 2.05) is 6.07 Å². The van der Waals surface area contributed by atoms with E-state index in [2.05, 4.69) is 46.0 Å². The van der Waals surface area contributed by atoms with Crippen molar-refractivity contribution in [1.29, 1.82) is 0 Å². The van der Waals surface area contributed by atoms with Gasteiger partial charge in [0.2, 0.25) is 5.91 Å². The summed E-state index contributed by atoms with van der Waals surface area (Å²) in [6.07, 6.45) is 2.54. The Morgan fingerprint density at radius 3 is 2.62 bits per heavy atom. The molecule has 0 bridgehead atoms. The van der Waals surface area contributed by atoms with Crippen LogP contribution < -0.4 is 11.5 Å². The number of hydrogen-bond acceptors (Lipinski definition) is 3. The number of carbonyl (C=O) groups is 1. The minimum absolute atomic E-state index is 0.0620. The Kier molecular flexibility index (Phi) is 5.79. The summed E-state index contributed by atoms with van der Waals surface area (Å²) in [7, 11) is 0. The van der Waals surface area contributed by atoms with Gasteiger partial charge in [-0.3, -0.25) is 9.69 Å². The van der Waals surface area contributed by atoms with Crippen LogP contribution in [0.25, 0.3) is 0 Å². The van der Waals surface area contributed by atoms with Crippen molar-refractivity contribution in [3.63, 3.8) is 0 Å². The lowest BCUT2D eigenvalue weighted by atomic mass is 9.90. The molecule has 2 rings (SSSR count). The average Bonchev–Trinajstić information content (AvgIpc) is 2.40. The summed E-state index contributed by atoms with van der Waals surface area (Å²) < 4.78 is 1.08. The van der Waals surface area contributed by atoms with Crippen molar-refractivity contribution >= 4 is 21.8 Å². The second kappa shape index (κ2) is 7.38. The molecular formula is C16H24BrN3O. The molecule has 1 aromatic carbocycles. The molecule has 2 unspecified atom stereocenters. The van der Waals surface area contributed by atoms with E-state index >= 15 is 0 Å². The standard InChI is InChI=1S/C16H24BrN3O/c1-11(18)16(13-3-2-4-14(17)10-13)20-7-5-12(6-8-20)9-15(19)21/h2-4,10-12,16H,5-9,18H2,1H3,(H2,19,21). The van der Waals surface area contributed by atoms with Crippen molar-refractivity contribution in [2.24, 2.45) is 17.4 Å². The molecule has 21 heavy (non-hydrogen) atoms. The molecule has 1 aliphatic heterocycles. The fourth-order valence-electron chi connectivity index (χ4n) is 3.26. The summed E-state index contributed by atoms with van der Waals surface area (Å²) in [6.45, 7) is 3.99. The fourth-order valence-corrected chi connectivity index (χ4v) is 3.67. The molecule has 1 saturated heterocycles. The quantitative estimate of drug-likeness (QED) is 0.853. The molecule has 1 heterocycles. The number of nitrogens with zero attached hydrogens (tertiary/aromatic N) is 1. The number of rotatable bonds is 5. The van der Waals surface area contributed by atoms with Crippen molar-refractivity contribution in [2.45, 2.75) is 38.3 Å². The van der Waals surface area contributed by atoms with E-state index in [0.29, 0.717) is 12.3 Å². The Labute approximate surface area is 135 Å². The zero-order chi connectivity index (χ0) is 15.4. The molecule has 4 nitrogen and oxygen atoms in total. The Bertz CT molecular complexity index is 484. The molecule has 0 saturated carbocycles. The van der Waals surface area contributed by atoms with Gasteiger partial charge in [0.1, 0.15) is 0 Å². The molecule has 116 valence electrons. The molecular weight excluding hydrogens is 330 g/mol. The maximum absolute atomic E-state index is 11.0. The van der Waals surface area contributed by atoms with Crippen LogP contribution in [0.15, 0.2) is 28.7 Å². The first kappa shape index (κ1) is 16.5. The Balaban J connectivity index is 2.06. The molecule has 5 heteroatoms. The van der Waals surface area contributed by atoms with E-state index < -0.39 is 0 Å². The van der Waals surface area contributed by atoms with Crippen LogP contribution in [0.5, 0.6) is 0 Å². The van der Waals surface area contributed by atoms with Crippen LogP contribution in [0.2, 0.25) is 0 Å². The highest BCUT2D eigenvalue weighted by atomic mass is 79.9. The third-order valence-electron chi connectivity index (χ3n) is 4.22. The molecule has 1 amide bonds. The van der Waals surface area contributed by atoms with Gasteiger partial charge in [-0.1, -0.05) is 28.1 Å². The van der Waals surface area contributed by atoms with Gasteiger partial charge in [-0.05, 0) is 56.5 Å². The number of nitrogens with two attached hydrogens (primary N) is 2. The van der Waals surface area contributed by atoms with Gasteiger partial charge >= 0.3 is 0 Å². The molecule has 0 radical (unpaired) electrons. The molecule has 0 aromatic heterocycles. The maximum atomic E-state index is 11.0. The summed E-state index contributed by atoms with van der Waals surface area (Å²) in [4.78, 5) is 13.5. The summed E-state index contributed by atoms with van der Waals surface area (Å²) in [5, 5.41) is 0. The lowest BCUT2D eigenvalue weighted by Crippen LogP contribution is -2.44. The predicted octanol–water partition coefficient (Wildman–Crippen LogP) is 2.42. The van der Waals surface area contributed by atoms with Crippen LogP contribution in [0.1, 0.15) is 37.8 Å². The molecule has 1 aliphatic rings. The van der Waals surface area contributed by atoms with Crippen LogP contribution in [-0.2, 0) is 4.79 Å². The minimum Gasteiger partial charge on any atom is -0.370 e. The first-order valence-electron chi connectivity index (χ1n) is 7.50. The summed E-state index contributed by atoms with van der Waals surface area (Å²) in [5.41, 5.74) is 12.8. The largest absolute Gasteiger partial charge is 0.370 e. The summed E-state index contributed by atoms with van der Waals surface area (Å²) in [6, 6.07) is 8.64. The molecule has 0 aliphatic carbocycles. The van der Waals surface area contributed by atoms with E-state index in [0.717, 1.165) is 30.4 Å². The average molecular weight is 354 g/mol. The van der Waals surface area contributed by atoms with E-state index in [1.165, 1.54) is 5.56 Å². The minimum atomic E-state index is -0.191. The van der Waals surface area contributed by atoms with Gasteiger partial charge in [0.15, 0.2) is 0 Å². The fraction of sp³-hybridized carbons (Fsp3) is 0.562. The van der Waals surface area contributed by atoms with E-state index in [-0.39, 0.29) is 18.0 Å². The van der Waals surface area contributed by atoms with Gasteiger partial charge in [-0.25, -0.2) is 0 Å². The highest BCUT2D eigenvalue weighted by molar-refractivity contribution is 9.10. The zero-order valence-corrected chi connectivity index (χ0v) is 14.1. The normalized spacial score (nSPS) is 20.1. The highest BCUT2D eigenvalue weighted by Crippen LogP contribution is 2.31. The number of carbonyl (C=O) groups excluding carboxylic acids is 1. The lowest BCUT2D eigenvalue weighted by Gasteiger charge is -2.39. The molecule has 1 fully saturated rings. The lowest BCUT2D eigenvalue weighted by molar-refractivity contribution is -0.119. The number of amides is 1. The second-order valence-electron chi connectivity index (χ2n) is 6.01. The van der Waals surface area contributed by atoms with Crippen molar-refractivity contribution in [2.75, 3.05) is 13.1 Å². The van der Waals surface area contributed by atoms with E-state index in [1.54, 1.807) is 0 Å². The summed E-state index contributed by atoms with van der Waals surface area (Å²) >= 11 is 3.53. The highest BCUT2D eigenvalue weighted by Gasteiger charge is 2.29. The number of hydrogen-bond donors (Lipinski definition) is 2. The van der Waals surface area contributed by atoms with Crippen molar-refractivity contribution < 1.29 is 4.79 Å². The van der Waals surface area contributed by atoms with Crippen LogP contribution >= 0.6 is 15.9 Å². The smallest absolute Gasteiger partial charge is 0.217 e. The number of benzene rings is 1. The van der Waals surface area contributed by atoms with Gasteiger partial charge in [0.05, 0.1) is 0 Å². The summed E-state index contributed by atoms with van der Waals surface area (Å²) in [5.74, 6) is 0.235. The predicted molar refractivity (Wildman–Crippen MR) is 88.6 cm³/mol. The number of likely N-dealkylation sites (tertiary alicyclic amines) is 1. The van der Waals surface area contributed by atoms with Crippen LogP contribution in [-0.4, -0.2) is 29.9 Å². The molecule has 1 aromatic rings. The van der Waals surface area contributed by atoms with Crippen LogP contribution in [0, 0.1) is 5.92 Å². The second-order valence-corrected chi connectivity index (χ2v) is 6.92. The molecule has 2 atom stereocenters. The van der Waals surface area contributed by atoms with Crippen molar-refractivity contribution in [3.05, 3.63) is 34.3 Å². The van der Waals surface area contributed by atoms with Gasteiger partial charge in [-0.2, -0.15) is 0 Å². The maximum Gasteiger partial charge on any atom is 0.217 e. The number of primary amides is 1. The first-order valence-corrected chi connectivity index (χ1v) is 8.30.